The second kappa shape index (κ2) is 7.57. The Kier molecular flexibility index (Phi) is 5.72. The maximum absolute atomic E-state index is 12.7. The average molecular weight is 357 g/mol. The summed E-state index contributed by atoms with van der Waals surface area (Å²) in [5.74, 6) is -0.490. The molecule has 0 bridgehead atoms. The normalized spacial score (nSPS) is 11.2. The van der Waals surface area contributed by atoms with E-state index in [0.29, 0.717) is 0 Å². The van der Waals surface area contributed by atoms with Crippen LogP contribution >= 0.6 is 11.6 Å². The topological polar surface area (TPSA) is 41.1 Å². The van der Waals surface area contributed by atoms with Gasteiger partial charge in [-0.1, -0.05) is 30.7 Å². The van der Waals surface area contributed by atoms with Crippen LogP contribution in [0.25, 0.3) is 0 Å². The molecule has 0 aliphatic carbocycles. The van der Waals surface area contributed by atoms with E-state index in [9.17, 15) is 18.0 Å². The minimum atomic E-state index is -4.50. The third kappa shape index (κ3) is 4.89. The van der Waals surface area contributed by atoms with Crippen molar-refractivity contribution < 1.29 is 18.0 Å². The minimum absolute atomic E-state index is 0.0450. The lowest BCUT2D eigenvalue weighted by Gasteiger charge is -2.12. The first-order valence-corrected chi connectivity index (χ1v) is 7.67. The van der Waals surface area contributed by atoms with E-state index in [-0.39, 0.29) is 17.3 Å². The van der Waals surface area contributed by atoms with Crippen molar-refractivity contribution in [2.75, 3.05) is 17.2 Å². The molecule has 0 saturated heterocycles. The van der Waals surface area contributed by atoms with E-state index in [0.717, 1.165) is 30.3 Å². The van der Waals surface area contributed by atoms with E-state index in [1.54, 1.807) is 0 Å². The molecule has 2 aromatic carbocycles. The molecule has 2 rings (SSSR count). The molecule has 0 spiro atoms. The zero-order chi connectivity index (χ0) is 17.7. The van der Waals surface area contributed by atoms with Gasteiger partial charge in [0, 0.05) is 5.69 Å². The summed E-state index contributed by atoms with van der Waals surface area (Å²) in [7, 11) is 0. The summed E-state index contributed by atoms with van der Waals surface area (Å²) in [6, 6.07) is 10.3. The maximum atomic E-state index is 12.7. The Morgan fingerprint density at radius 3 is 2.38 bits per heavy atom. The zero-order valence-corrected chi connectivity index (χ0v) is 13.6. The molecule has 0 aliphatic rings. The quantitative estimate of drug-likeness (QED) is 0.794. The van der Waals surface area contributed by atoms with Crippen molar-refractivity contribution in [3.05, 3.63) is 58.6 Å². The van der Waals surface area contributed by atoms with Crippen molar-refractivity contribution in [3.63, 3.8) is 0 Å². The van der Waals surface area contributed by atoms with Crippen molar-refractivity contribution in [1.82, 2.24) is 0 Å². The summed E-state index contributed by atoms with van der Waals surface area (Å²) in [5.41, 5.74) is 0.975. The van der Waals surface area contributed by atoms with Gasteiger partial charge in [0.1, 0.15) is 0 Å². The van der Waals surface area contributed by atoms with E-state index in [4.69, 9.17) is 11.6 Å². The van der Waals surface area contributed by atoms with Crippen LogP contribution in [0.2, 0.25) is 5.02 Å². The molecule has 0 radical (unpaired) electrons. The number of alkyl halides is 3. The summed E-state index contributed by atoms with van der Waals surface area (Å²) in [6.07, 6.45) is -3.59. The van der Waals surface area contributed by atoms with Gasteiger partial charge in [0.05, 0.1) is 22.8 Å². The molecule has 0 aliphatic heterocycles. The fourth-order valence-electron chi connectivity index (χ4n) is 2.03. The van der Waals surface area contributed by atoms with E-state index in [1.807, 2.05) is 31.2 Å². The molecule has 3 nitrogen and oxygen atoms in total. The largest absolute Gasteiger partial charge is 0.416 e. The second-order valence-corrected chi connectivity index (χ2v) is 5.55. The number of hydrogen-bond donors (Lipinski definition) is 2. The molecular weight excluding hydrogens is 341 g/mol. The Morgan fingerprint density at radius 2 is 1.79 bits per heavy atom. The van der Waals surface area contributed by atoms with Gasteiger partial charge in [-0.2, -0.15) is 13.2 Å². The molecule has 24 heavy (non-hydrogen) atoms. The predicted molar refractivity (Wildman–Crippen MR) is 89.4 cm³/mol. The highest BCUT2D eigenvalue weighted by atomic mass is 35.5. The molecule has 7 heteroatoms. The summed E-state index contributed by atoms with van der Waals surface area (Å²) in [4.78, 5) is 11.9. The lowest BCUT2D eigenvalue weighted by atomic mass is 10.1. The highest BCUT2D eigenvalue weighted by molar-refractivity contribution is 6.33. The fourth-order valence-corrected chi connectivity index (χ4v) is 2.20. The van der Waals surface area contributed by atoms with Gasteiger partial charge in [0.2, 0.25) is 5.91 Å². The Balaban J connectivity index is 1.99. The van der Waals surface area contributed by atoms with Crippen molar-refractivity contribution in [1.29, 1.82) is 0 Å². The highest BCUT2D eigenvalue weighted by Gasteiger charge is 2.31. The Hall–Kier alpha value is -2.21. The Bertz CT molecular complexity index is 715. The second-order valence-electron chi connectivity index (χ2n) is 5.14. The molecule has 0 aromatic heterocycles. The summed E-state index contributed by atoms with van der Waals surface area (Å²) in [5, 5.41) is 5.33. The molecule has 1 amide bonds. The number of carbonyl (C=O) groups excluding carboxylic acids is 1. The number of benzene rings is 2. The molecule has 0 heterocycles. The lowest BCUT2D eigenvalue weighted by Crippen LogP contribution is -2.22. The van der Waals surface area contributed by atoms with Gasteiger partial charge in [-0.05, 0) is 42.3 Å². The van der Waals surface area contributed by atoms with E-state index < -0.39 is 17.6 Å². The number of aryl methyl sites for hydroxylation is 1. The standard InChI is InChI=1S/C17H16ClF3N2O/c1-2-11-3-6-13(7-4-11)22-10-16(24)23-15-9-12(17(19,20)21)5-8-14(15)18/h3-9,22H,2,10H2,1H3,(H,23,24). The highest BCUT2D eigenvalue weighted by Crippen LogP contribution is 2.33. The fraction of sp³-hybridized carbons (Fsp3) is 0.235. The first-order valence-electron chi connectivity index (χ1n) is 7.29. The third-order valence-corrected chi connectivity index (χ3v) is 3.71. The van der Waals surface area contributed by atoms with E-state index >= 15 is 0 Å². The van der Waals surface area contributed by atoms with Crippen LogP contribution in [0.1, 0.15) is 18.1 Å². The van der Waals surface area contributed by atoms with Crippen LogP contribution in [0.3, 0.4) is 0 Å². The monoisotopic (exact) mass is 356 g/mol. The van der Waals surface area contributed by atoms with Gasteiger partial charge in [0.25, 0.3) is 0 Å². The number of anilines is 2. The number of amides is 1. The van der Waals surface area contributed by atoms with Crippen LogP contribution in [0, 0.1) is 0 Å². The van der Waals surface area contributed by atoms with E-state index in [2.05, 4.69) is 10.6 Å². The molecule has 0 saturated carbocycles. The van der Waals surface area contributed by atoms with Gasteiger partial charge in [-0.25, -0.2) is 0 Å². The van der Waals surface area contributed by atoms with Crippen LogP contribution in [0.4, 0.5) is 24.5 Å². The van der Waals surface area contributed by atoms with Crippen LogP contribution in [-0.4, -0.2) is 12.5 Å². The molecule has 0 atom stereocenters. The lowest BCUT2D eigenvalue weighted by molar-refractivity contribution is -0.137. The smallest absolute Gasteiger partial charge is 0.376 e. The van der Waals surface area contributed by atoms with Gasteiger partial charge in [0.15, 0.2) is 0 Å². The molecule has 128 valence electrons. The number of halogens is 4. The first-order chi connectivity index (χ1) is 11.3. The molecule has 2 aromatic rings. The summed E-state index contributed by atoms with van der Waals surface area (Å²) in [6.45, 7) is 1.95. The number of carbonyl (C=O) groups is 1. The van der Waals surface area contributed by atoms with Crippen LogP contribution in [-0.2, 0) is 17.4 Å². The minimum Gasteiger partial charge on any atom is -0.376 e. The summed E-state index contributed by atoms with van der Waals surface area (Å²) >= 11 is 5.84. The predicted octanol–water partition coefficient (Wildman–Crippen LogP) is 4.97. The van der Waals surface area contributed by atoms with Crippen molar-refractivity contribution in [3.8, 4) is 0 Å². The SMILES string of the molecule is CCc1ccc(NCC(=O)Nc2cc(C(F)(F)F)ccc2Cl)cc1. The Labute approximate surface area is 142 Å². The van der Waals surface area contributed by atoms with Crippen molar-refractivity contribution in [2.45, 2.75) is 19.5 Å². The molecular formula is C17H16ClF3N2O. The average Bonchev–Trinajstić information content (AvgIpc) is 2.54. The van der Waals surface area contributed by atoms with Crippen molar-refractivity contribution >= 4 is 28.9 Å². The van der Waals surface area contributed by atoms with Crippen LogP contribution < -0.4 is 10.6 Å². The maximum Gasteiger partial charge on any atom is 0.416 e. The van der Waals surface area contributed by atoms with E-state index in [1.165, 1.54) is 5.56 Å². The first kappa shape index (κ1) is 18.1. The van der Waals surface area contributed by atoms with Gasteiger partial charge in [-0.3, -0.25) is 4.79 Å². The third-order valence-electron chi connectivity index (χ3n) is 3.38. The molecule has 2 N–H and O–H groups in total. The van der Waals surface area contributed by atoms with Crippen LogP contribution in [0.5, 0.6) is 0 Å². The van der Waals surface area contributed by atoms with Crippen molar-refractivity contribution in [2.24, 2.45) is 0 Å². The molecule has 0 fully saturated rings. The zero-order valence-electron chi connectivity index (χ0n) is 12.9. The summed E-state index contributed by atoms with van der Waals surface area (Å²) < 4.78 is 38.1. The number of nitrogens with one attached hydrogen (secondary N) is 2. The van der Waals surface area contributed by atoms with Gasteiger partial charge < -0.3 is 10.6 Å². The van der Waals surface area contributed by atoms with Gasteiger partial charge >= 0.3 is 6.18 Å². The van der Waals surface area contributed by atoms with Crippen LogP contribution in [0.15, 0.2) is 42.5 Å². The molecule has 0 unspecified atom stereocenters. The Morgan fingerprint density at radius 1 is 1.12 bits per heavy atom. The number of hydrogen-bond acceptors (Lipinski definition) is 2. The van der Waals surface area contributed by atoms with Gasteiger partial charge in [-0.15, -0.1) is 0 Å². The number of rotatable bonds is 5.